The highest BCUT2D eigenvalue weighted by atomic mass is 16.1. The van der Waals surface area contributed by atoms with Crippen molar-refractivity contribution >= 4 is 21.8 Å². The molecule has 0 fully saturated rings. The van der Waals surface area contributed by atoms with Gasteiger partial charge in [0.05, 0.1) is 11.0 Å². The molecular weight excluding hydrogens is 192 g/mol. The molecule has 5 heteroatoms. The van der Waals surface area contributed by atoms with E-state index in [0.717, 1.165) is 21.8 Å². The molecule has 0 bridgehead atoms. The summed E-state index contributed by atoms with van der Waals surface area (Å²) in [5.41, 5.74) is 1.17. The second kappa shape index (κ2) is 2.84. The Hall–Kier alpha value is -2.30. The first-order chi connectivity index (χ1) is 7.34. The summed E-state index contributed by atoms with van der Waals surface area (Å²) in [5, 5.41) is 1.70. The molecule has 3 rings (SSSR count). The van der Waals surface area contributed by atoms with Gasteiger partial charge in [0.25, 0.3) is 0 Å². The third kappa shape index (κ3) is 1.17. The molecule has 0 aliphatic rings. The van der Waals surface area contributed by atoms with Gasteiger partial charge in [-0.05, 0) is 12.1 Å². The van der Waals surface area contributed by atoms with E-state index in [1.54, 1.807) is 12.4 Å². The van der Waals surface area contributed by atoms with Crippen LogP contribution in [-0.2, 0) is 0 Å². The van der Waals surface area contributed by atoms with Crippen LogP contribution in [-0.4, -0.2) is 19.9 Å². The first-order valence-corrected chi connectivity index (χ1v) is 4.42. The highest BCUT2D eigenvalue weighted by molar-refractivity contribution is 6.02. The number of aromatic amines is 1. The van der Waals surface area contributed by atoms with Gasteiger partial charge in [0.1, 0.15) is 6.33 Å². The quantitative estimate of drug-likeness (QED) is 0.544. The van der Waals surface area contributed by atoms with Crippen molar-refractivity contribution < 1.29 is 0 Å². The number of hydrogen-bond donors (Lipinski definition) is 1. The van der Waals surface area contributed by atoms with Gasteiger partial charge in [-0.2, -0.15) is 0 Å². The van der Waals surface area contributed by atoms with Crippen LogP contribution in [0.5, 0.6) is 0 Å². The maximum Gasteiger partial charge on any atom is 0.345 e. The molecule has 0 unspecified atom stereocenters. The van der Waals surface area contributed by atoms with Crippen molar-refractivity contribution in [3.05, 3.63) is 41.3 Å². The molecule has 5 nitrogen and oxygen atoms in total. The first kappa shape index (κ1) is 8.05. The molecule has 0 spiro atoms. The third-order valence-electron chi connectivity index (χ3n) is 2.27. The number of nitrogens with one attached hydrogen (secondary N) is 1. The molecule has 0 saturated heterocycles. The molecule has 2 aromatic heterocycles. The van der Waals surface area contributed by atoms with Crippen molar-refractivity contribution in [2.24, 2.45) is 0 Å². The van der Waals surface area contributed by atoms with E-state index in [9.17, 15) is 4.79 Å². The van der Waals surface area contributed by atoms with Gasteiger partial charge in [-0.15, -0.1) is 0 Å². The van der Waals surface area contributed by atoms with Gasteiger partial charge in [-0.3, -0.25) is 0 Å². The second-order valence-corrected chi connectivity index (χ2v) is 3.17. The van der Waals surface area contributed by atoms with Gasteiger partial charge in [0.15, 0.2) is 0 Å². The standard InChI is InChI=1S/C10H6N4O/c15-10-12-3-6-1-2-8-7(9(6)14-10)4-11-5-13-8/h1-5H,(H,12,14,15). The summed E-state index contributed by atoms with van der Waals surface area (Å²) in [5.74, 6) is 0. The molecule has 0 aliphatic carbocycles. The van der Waals surface area contributed by atoms with Gasteiger partial charge in [-0.25, -0.2) is 19.7 Å². The van der Waals surface area contributed by atoms with Crippen molar-refractivity contribution in [3.8, 4) is 0 Å². The van der Waals surface area contributed by atoms with Crippen molar-refractivity contribution in [3.63, 3.8) is 0 Å². The molecule has 1 N–H and O–H groups in total. The Morgan fingerprint density at radius 2 is 2.07 bits per heavy atom. The van der Waals surface area contributed by atoms with E-state index in [0.29, 0.717) is 0 Å². The van der Waals surface area contributed by atoms with Crippen LogP contribution in [0.3, 0.4) is 0 Å². The number of benzene rings is 1. The SMILES string of the molecule is O=c1ncc2ccc3ncncc3c2[nH]1. The largest absolute Gasteiger partial charge is 0.345 e. The number of aromatic nitrogens is 4. The van der Waals surface area contributed by atoms with Crippen LogP contribution in [0.2, 0.25) is 0 Å². The second-order valence-electron chi connectivity index (χ2n) is 3.17. The number of rotatable bonds is 0. The average molecular weight is 198 g/mol. The Kier molecular flexibility index (Phi) is 1.53. The number of nitrogens with zero attached hydrogens (tertiary/aromatic N) is 3. The van der Waals surface area contributed by atoms with Crippen LogP contribution >= 0.6 is 0 Å². The van der Waals surface area contributed by atoms with E-state index in [4.69, 9.17) is 0 Å². The summed E-state index contributed by atoms with van der Waals surface area (Å²) in [6.07, 6.45) is 4.70. The zero-order valence-corrected chi connectivity index (χ0v) is 7.64. The molecule has 1 aromatic carbocycles. The van der Waals surface area contributed by atoms with E-state index in [2.05, 4.69) is 19.9 Å². The summed E-state index contributed by atoms with van der Waals surface area (Å²) in [4.78, 5) is 25.5. The summed E-state index contributed by atoms with van der Waals surface area (Å²) >= 11 is 0. The Morgan fingerprint density at radius 3 is 3.00 bits per heavy atom. The van der Waals surface area contributed by atoms with Crippen LogP contribution in [0.15, 0.2) is 35.6 Å². The fourth-order valence-electron chi connectivity index (χ4n) is 1.59. The van der Waals surface area contributed by atoms with E-state index in [1.165, 1.54) is 6.33 Å². The van der Waals surface area contributed by atoms with Gasteiger partial charge >= 0.3 is 5.69 Å². The minimum absolute atomic E-state index is 0.362. The Morgan fingerprint density at radius 1 is 1.13 bits per heavy atom. The monoisotopic (exact) mass is 198 g/mol. The molecular formula is C10H6N4O. The van der Waals surface area contributed by atoms with Crippen LogP contribution in [0.1, 0.15) is 0 Å². The topological polar surface area (TPSA) is 71.5 Å². The van der Waals surface area contributed by atoms with E-state index in [-0.39, 0.29) is 5.69 Å². The Balaban J connectivity index is 2.63. The predicted octanol–water partition coefficient (Wildman–Crippen LogP) is 0.866. The van der Waals surface area contributed by atoms with Crippen LogP contribution in [0.25, 0.3) is 21.8 Å². The lowest BCUT2D eigenvalue weighted by molar-refractivity contribution is 1.12. The maximum atomic E-state index is 11.1. The van der Waals surface area contributed by atoms with Gasteiger partial charge in [-0.1, -0.05) is 0 Å². The molecule has 0 saturated carbocycles. The first-order valence-electron chi connectivity index (χ1n) is 4.42. The highest BCUT2D eigenvalue weighted by Crippen LogP contribution is 2.18. The van der Waals surface area contributed by atoms with E-state index in [1.807, 2.05) is 12.1 Å². The smallest absolute Gasteiger partial charge is 0.305 e. The molecule has 0 aliphatic heterocycles. The van der Waals surface area contributed by atoms with Crippen molar-refractivity contribution in [2.75, 3.05) is 0 Å². The summed E-state index contributed by atoms with van der Waals surface area (Å²) < 4.78 is 0. The van der Waals surface area contributed by atoms with Gasteiger partial charge < -0.3 is 4.98 Å². The van der Waals surface area contributed by atoms with Gasteiger partial charge in [0, 0.05) is 23.2 Å². The molecule has 3 aromatic rings. The highest BCUT2D eigenvalue weighted by Gasteiger charge is 2.01. The fraction of sp³-hybridized carbons (Fsp3) is 0. The van der Waals surface area contributed by atoms with E-state index < -0.39 is 0 Å². The summed E-state index contributed by atoms with van der Waals surface area (Å²) in [6.45, 7) is 0. The molecule has 15 heavy (non-hydrogen) atoms. The molecule has 0 radical (unpaired) electrons. The molecule has 0 amide bonds. The predicted molar refractivity (Wildman–Crippen MR) is 55.5 cm³/mol. The lowest BCUT2D eigenvalue weighted by Crippen LogP contribution is -2.08. The average Bonchev–Trinajstić information content (AvgIpc) is 2.29. The van der Waals surface area contributed by atoms with Crippen LogP contribution < -0.4 is 5.69 Å². The van der Waals surface area contributed by atoms with Crippen molar-refractivity contribution in [1.82, 2.24) is 19.9 Å². The van der Waals surface area contributed by atoms with Crippen LogP contribution in [0.4, 0.5) is 0 Å². The Bertz CT molecular complexity index is 704. The Labute approximate surface area is 83.8 Å². The summed E-state index contributed by atoms with van der Waals surface area (Å²) in [7, 11) is 0. The lowest BCUT2D eigenvalue weighted by Gasteiger charge is -2.00. The maximum absolute atomic E-state index is 11.1. The van der Waals surface area contributed by atoms with E-state index >= 15 is 0 Å². The minimum atomic E-state index is -0.362. The lowest BCUT2D eigenvalue weighted by atomic mass is 10.2. The number of H-pyrrole nitrogens is 1. The molecule has 72 valence electrons. The molecule has 0 atom stereocenters. The fourth-order valence-corrected chi connectivity index (χ4v) is 1.59. The van der Waals surface area contributed by atoms with Gasteiger partial charge in [0.2, 0.25) is 0 Å². The normalized spacial score (nSPS) is 10.9. The van der Waals surface area contributed by atoms with Crippen molar-refractivity contribution in [2.45, 2.75) is 0 Å². The molecule has 2 heterocycles. The third-order valence-corrected chi connectivity index (χ3v) is 2.27. The zero-order valence-electron chi connectivity index (χ0n) is 7.64. The number of hydrogen-bond acceptors (Lipinski definition) is 4. The number of fused-ring (bicyclic) bond motifs is 3. The van der Waals surface area contributed by atoms with Crippen molar-refractivity contribution in [1.29, 1.82) is 0 Å². The summed E-state index contributed by atoms with van der Waals surface area (Å²) in [6, 6.07) is 3.74. The minimum Gasteiger partial charge on any atom is -0.305 e. The van der Waals surface area contributed by atoms with Crippen LogP contribution in [0, 0.1) is 0 Å². The zero-order chi connectivity index (χ0) is 10.3.